The molecule has 2 rings (SSSR count). The molecule has 0 saturated carbocycles. The van der Waals surface area contributed by atoms with Crippen LogP contribution in [0.5, 0.6) is 11.5 Å². The van der Waals surface area contributed by atoms with E-state index in [1.54, 1.807) is 12.1 Å². The molecule has 0 radical (unpaired) electrons. The number of carbonyl (C=O) groups excluding carboxylic acids is 1. The molecule has 148 valence electrons. The van der Waals surface area contributed by atoms with Gasteiger partial charge in [0.05, 0.1) is 7.11 Å². The lowest BCUT2D eigenvalue weighted by atomic mass is 10.1. The molecule has 0 spiro atoms. The molecule has 1 aromatic rings. The van der Waals surface area contributed by atoms with Gasteiger partial charge in [-0.15, -0.1) is 12.4 Å². The number of carbonyl (C=O) groups is 1. The standard InChI is InChI=1S/C17H23F3N2O3.ClH/c1-24-15-9-12(4-6-14(15)25-11-17(18,19)20)5-7-16(23)22-13-3-2-8-21-10-13;/h4,6,9,13,21H,2-3,5,7-8,10-11H2,1H3,(H,22,23);1H. The summed E-state index contributed by atoms with van der Waals surface area (Å²) in [6, 6.07) is 4.84. The number of hydrogen-bond acceptors (Lipinski definition) is 4. The minimum Gasteiger partial charge on any atom is -0.493 e. The van der Waals surface area contributed by atoms with E-state index in [4.69, 9.17) is 9.47 Å². The Kier molecular flexibility index (Phi) is 9.01. The summed E-state index contributed by atoms with van der Waals surface area (Å²) in [5.74, 6) is 0.213. The van der Waals surface area contributed by atoms with Gasteiger partial charge >= 0.3 is 6.18 Å². The number of ether oxygens (including phenoxy) is 2. The zero-order valence-electron chi connectivity index (χ0n) is 14.5. The topological polar surface area (TPSA) is 59.6 Å². The van der Waals surface area contributed by atoms with E-state index in [-0.39, 0.29) is 35.9 Å². The predicted octanol–water partition coefficient (Wildman–Crippen LogP) is 2.86. The highest BCUT2D eigenvalue weighted by molar-refractivity contribution is 5.85. The van der Waals surface area contributed by atoms with E-state index in [9.17, 15) is 18.0 Å². The van der Waals surface area contributed by atoms with Gasteiger partial charge < -0.3 is 20.1 Å². The van der Waals surface area contributed by atoms with E-state index in [0.717, 1.165) is 31.5 Å². The number of amides is 1. The SMILES string of the molecule is COc1cc(CCC(=O)NC2CCCNC2)ccc1OCC(F)(F)F.Cl. The second kappa shape index (κ2) is 10.5. The van der Waals surface area contributed by atoms with Crippen molar-refractivity contribution in [3.63, 3.8) is 0 Å². The van der Waals surface area contributed by atoms with Crippen molar-refractivity contribution in [2.75, 3.05) is 26.8 Å². The third-order valence-electron chi connectivity index (χ3n) is 3.92. The van der Waals surface area contributed by atoms with Crippen molar-refractivity contribution < 1.29 is 27.4 Å². The fourth-order valence-corrected chi connectivity index (χ4v) is 2.68. The number of rotatable bonds is 7. The van der Waals surface area contributed by atoms with Crippen LogP contribution in [0.4, 0.5) is 13.2 Å². The number of piperidine rings is 1. The second-order valence-corrected chi connectivity index (χ2v) is 6.00. The maximum atomic E-state index is 12.2. The summed E-state index contributed by atoms with van der Waals surface area (Å²) in [7, 11) is 1.36. The van der Waals surface area contributed by atoms with E-state index in [1.807, 2.05) is 0 Å². The summed E-state index contributed by atoms with van der Waals surface area (Å²) >= 11 is 0. The quantitative estimate of drug-likeness (QED) is 0.744. The van der Waals surface area contributed by atoms with Gasteiger partial charge in [0.2, 0.25) is 5.91 Å². The average molecular weight is 397 g/mol. The summed E-state index contributed by atoms with van der Waals surface area (Å²) in [5.41, 5.74) is 0.799. The molecule has 1 saturated heterocycles. The van der Waals surface area contributed by atoms with Crippen LogP contribution >= 0.6 is 12.4 Å². The highest BCUT2D eigenvalue weighted by Gasteiger charge is 2.29. The van der Waals surface area contributed by atoms with Crippen molar-refractivity contribution in [3.8, 4) is 11.5 Å². The van der Waals surface area contributed by atoms with Gasteiger partial charge in [0.25, 0.3) is 0 Å². The molecule has 9 heteroatoms. The molecule has 5 nitrogen and oxygen atoms in total. The molecule has 1 unspecified atom stereocenters. The van der Waals surface area contributed by atoms with Crippen molar-refractivity contribution in [1.29, 1.82) is 0 Å². The summed E-state index contributed by atoms with van der Waals surface area (Å²) in [6.45, 7) is 0.389. The van der Waals surface area contributed by atoms with Crippen LogP contribution < -0.4 is 20.1 Å². The van der Waals surface area contributed by atoms with E-state index in [0.29, 0.717) is 12.8 Å². The summed E-state index contributed by atoms with van der Waals surface area (Å²) in [5, 5.41) is 6.22. The van der Waals surface area contributed by atoms with Crippen LogP contribution in [0.1, 0.15) is 24.8 Å². The molecule has 0 aliphatic carbocycles. The average Bonchev–Trinajstić information content (AvgIpc) is 2.58. The van der Waals surface area contributed by atoms with Crippen LogP contribution in [0.15, 0.2) is 18.2 Å². The first-order valence-corrected chi connectivity index (χ1v) is 8.24. The molecule has 1 fully saturated rings. The predicted molar refractivity (Wildman–Crippen MR) is 94.1 cm³/mol. The lowest BCUT2D eigenvalue weighted by Gasteiger charge is -2.23. The van der Waals surface area contributed by atoms with Crippen molar-refractivity contribution in [1.82, 2.24) is 10.6 Å². The lowest BCUT2D eigenvalue weighted by molar-refractivity contribution is -0.153. The fourth-order valence-electron chi connectivity index (χ4n) is 2.68. The molecule has 1 amide bonds. The van der Waals surface area contributed by atoms with Gasteiger partial charge in [0, 0.05) is 19.0 Å². The summed E-state index contributed by atoms with van der Waals surface area (Å²) < 4.78 is 46.5. The minimum atomic E-state index is -4.41. The van der Waals surface area contributed by atoms with Gasteiger partial charge in [-0.05, 0) is 43.5 Å². The van der Waals surface area contributed by atoms with Gasteiger partial charge in [-0.2, -0.15) is 13.2 Å². The number of hydrogen-bond donors (Lipinski definition) is 2. The Balaban J connectivity index is 0.00000338. The van der Waals surface area contributed by atoms with Gasteiger partial charge in [-0.1, -0.05) is 6.07 Å². The van der Waals surface area contributed by atoms with Gasteiger partial charge in [0.15, 0.2) is 18.1 Å². The maximum absolute atomic E-state index is 12.2. The smallest absolute Gasteiger partial charge is 0.422 e. The molecule has 0 aromatic heterocycles. The van der Waals surface area contributed by atoms with E-state index in [1.165, 1.54) is 13.2 Å². The summed E-state index contributed by atoms with van der Waals surface area (Å²) in [4.78, 5) is 12.0. The molecule has 1 aliphatic heterocycles. The van der Waals surface area contributed by atoms with Crippen molar-refractivity contribution >= 4 is 18.3 Å². The minimum absolute atomic E-state index is 0. The van der Waals surface area contributed by atoms with Crippen LogP contribution in [-0.4, -0.2) is 44.9 Å². The molecule has 26 heavy (non-hydrogen) atoms. The molecular weight excluding hydrogens is 373 g/mol. The van der Waals surface area contributed by atoms with Crippen LogP contribution in [0.2, 0.25) is 0 Å². The van der Waals surface area contributed by atoms with Gasteiger partial charge in [-0.25, -0.2) is 0 Å². The molecular formula is C17H24ClF3N2O3. The maximum Gasteiger partial charge on any atom is 0.422 e. The van der Waals surface area contributed by atoms with E-state index in [2.05, 4.69) is 10.6 Å². The third-order valence-corrected chi connectivity index (χ3v) is 3.92. The van der Waals surface area contributed by atoms with E-state index < -0.39 is 12.8 Å². The monoisotopic (exact) mass is 396 g/mol. The molecule has 2 N–H and O–H groups in total. The van der Waals surface area contributed by atoms with Crippen LogP contribution in [-0.2, 0) is 11.2 Å². The molecule has 1 aromatic carbocycles. The van der Waals surface area contributed by atoms with Gasteiger partial charge in [-0.3, -0.25) is 4.79 Å². The van der Waals surface area contributed by atoms with Crippen LogP contribution in [0.25, 0.3) is 0 Å². The lowest BCUT2D eigenvalue weighted by Crippen LogP contribution is -2.45. The Hall–Kier alpha value is -1.67. The van der Waals surface area contributed by atoms with Gasteiger partial charge in [0.1, 0.15) is 0 Å². The Morgan fingerprint density at radius 2 is 2.12 bits per heavy atom. The first kappa shape index (κ1) is 22.4. The Labute approximate surface area is 157 Å². The molecule has 1 aliphatic rings. The fraction of sp³-hybridized carbons (Fsp3) is 0.588. The summed E-state index contributed by atoms with van der Waals surface area (Å²) in [6.07, 6.45) is -1.61. The zero-order valence-corrected chi connectivity index (χ0v) is 15.3. The number of aryl methyl sites for hydroxylation is 1. The zero-order chi connectivity index (χ0) is 18.3. The van der Waals surface area contributed by atoms with Crippen LogP contribution in [0.3, 0.4) is 0 Å². The van der Waals surface area contributed by atoms with Crippen molar-refractivity contribution in [3.05, 3.63) is 23.8 Å². The Morgan fingerprint density at radius 1 is 1.35 bits per heavy atom. The largest absolute Gasteiger partial charge is 0.493 e. The molecule has 1 atom stereocenters. The highest BCUT2D eigenvalue weighted by atomic mass is 35.5. The second-order valence-electron chi connectivity index (χ2n) is 6.00. The highest BCUT2D eigenvalue weighted by Crippen LogP contribution is 2.30. The number of halogens is 4. The number of benzene rings is 1. The Bertz CT molecular complexity index is 579. The first-order chi connectivity index (χ1) is 11.9. The van der Waals surface area contributed by atoms with E-state index >= 15 is 0 Å². The third kappa shape index (κ3) is 7.70. The normalized spacial score (nSPS) is 17.2. The van der Waals surface area contributed by atoms with Crippen LogP contribution in [0, 0.1) is 0 Å². The molecule has 1 heterocycles. The first-order valence-electron chi connectivity index (χ1n) is 8.24. The number of methoxy groups -OCH3 is 1. The number of alkyl halides is 3. The Morgan fingerprint density at radius 3 is 2.73 bits per heavy atom. The number of nitrogens with one attached hydrogen (secondary N) is 2. The van der Waals surface area contributed by atoms with Crippen molar-refractivity contribution in [2.45, 2.75) is 37.9 Å². The molecule has 0 bridgehead atoms. The van der Waals surface area contributed by atoms with Crippen molar-refractivity contribution in [2.24, 2.45) is 0 Å².